The molecule has 0 bridgehead atoms. The van der Waals surface area contributed by atoms with Gasteiger partial charge in [0.15, 0.2) is 6.04 Å². The van der Waals surface area contributed by atoms with Crippen LogP contribution in [-0.4, -0.2) is 81.8 Å². The Kier molecular flexibility index (Phi) is 10.4. The number of carbonyl (C=O) groups is 5. The molecule has 1 aliphatic rings. The van der Waals surface area contributed by atoms with E-state index in [4.69, 9.17) is 10.2 Å². The van der Waals surface area contributed by atoms with Crippen LogP contribution >= 0.6 is 0 Å². The van der Waals surface area contributed by atoms with Crippen molar-refractivity contribution in [3.63, 3.8) is 0 Å². The van der Waals surface area contributed by atoms with E-state index in [2.05, 4.69) is 21.3 Å². The molecule has 7 N–H and O–H groups in total. The number of carbonyl (C=O) groups excluding carboxylic acids is 3. The monoisotopic (exact) mass is 444 g/mol. The Morgan fingerprint density at radius 3 is 2.03 bits per heavy atom. The molecule has 3 amide bonds. The van der Waals surface area contributed by atoms with Crippen molar-refractivity contribution in [3.8, 4) is 0 Å². The number of nitrogens with one attached hydrogen (secondary N) is 4. The first-order chi connectivity index (χ1) is 14.4. The third-order valence-corrected chi connectivity index (χ3v) is 4.95. The Balaban J connectivity index is 2.90. The summed E-state index contributed by atoms with van der Waals surface area (Å²) in [6.07, 6.45) is -0.540. The Hall–Kier alpha value is -2.73. The molecule has 0 spiro atoms. The fraction of sp³-hybridized carbons (Fsp3) is 0.737. The Morgan fingerprint density at radius 1 is 0.968 bits per heavy atom. The van der Waals surface area contributed by atoms with Crippen molar-refractivity contribution < 1.29 is 39.3 Å². The SMILES string of the molecule is CC(C)C(NC(=O)C(CCC(=O)O)NC(=O)C1CCCN1)C(=O)NC(C(=O)O)C(C)O. The maximum Gasteiger partial charge on any atom is 0.328 e. The summed E-state index contributed by atoms with van der Waals surface area (Å²) >= 11 is 0. The highest BCUT2D eigenvalue weighted by Crippen LogP contribution is 2.09. The first-order valence-electron chi connectivity index (χ1n) is 10.2. The zero-order valence-corrected chi connectivity index (χ0v) is 17.9. The van der Waals surface area contributed by atoms with E-state index in [1.807, 2.05) is 0 Å². The molecule has 5 unspecified atom stereocenters. The largest absolute Gasteiger partial charge is 0.481 e. The molecule has 5 atom stereocenters. The number of carboxylic acids is 2. The molecule has 31 heavy (non-hydrogen) atoms. The Labute approximate surface area is 180 Å². The van der Waals surface area contributed by atoms with E-state index in [0.29, 0.717) is 13.0 Å². The summed E-state index contributed by atoms with van der Waals surface area (Å²) in [5.74, 6) is -5.06. The van der Waals surface area contributed by atoms with Crippen LogP contribution in [-0.2, 0) is 24.0 Å². The highest BCUT2D eigenvalue weighted by Gasteiger charge is 2.34. The normalized spacial score (nSPS) is 19.7. The van der Waals surface area contributed by atoms with Crippen molar-refractivity contribution >= 4 is 29.7 Å². The number of hydrogen-bond donors (Lipinski definition) is 7. The fourth-order valence-electron chi connectivity index (χ4n) is 3.14. The molecule has 1 aliphatic heterocycles. The van der Waals surface area contributed by atoms with Crippen molar-refractivity contribution in [3.05, 3.63) is 0 Å². The number of aliphatic carboxylic acids is 2. The van der Waals surface area contributed by atoms with Crippen LogP contribution in [0.2, 0.25) is 0 Å². The van der Waals surface area contributed by atoms with Crippen LogP contribution in [0, 0.1) is 5.92 Å². The quantitative estimate of drug-likeness (QED) is 0.181. The number of aliphatic hydroxyl groups is 1. The number of amides is 3. The van der Waals surface area contributed by atoms with Crippen LogP contribution in [0.1, 0.15) is 46.5 Å². The van der Waals surface area contributed by atoms with Crippen molar-refractivity contribution in [1.82, 2.24) is 21.3 Å². The average Bonchev–Trinajstić information content (AvgIpc) is 3.20. The highest BCUT2D eigenvalue weighted by molar-refractivity contribution is 5.94. The molecule has 0 aromatic heterocycles. The van der Waals surface area contributed by atoms with Gasteiger partial charge < -0.3 is 36.6 Å². The zero-order chi connectivity index (χ0) is 23.7. The van der Waals surface area contributed by atoms with Gasteiger partial charge in [-0.2, -0.15) is 0 Å². The van der Waals surface area contributed by atoms with E-state index >= 15 is 0 Å². The van der Waals surface area contributed by atoms with E-state index < -0.39 is 65.8 Å². The van der Waals surface area contributed by atoms with Gasteiger partial charge in [-0.1, -0.05) is 13.8 Å². The van der Waals surface area contributed by atoms with E-state index in [0.717, 1.165) is 6.42 Å². The summed E-state index contributed by atoms with van der Waals surface area (Å²) in [5.41, 5.74) is 0. The lowest BCUT2D eigenvalue weighted by molar-refractivity contribution is -0.145. The van der Waals surface area contributed by atoms with Crippen molar-refractivity contribution in [2.75, 3.05) is 6.54 Å². The summed E-state index contributed by atoms with van der Waals surface area (Å²) in [7, 11) is 0. The molecule has 0 saturated carbocycles. The van der Waals surface area contributed by atoms with Crippen molar-refractivity contribution in [2.45, 2.75) is 76.7 Å². The summed E-state index contributed by atoms with van der Waals surface area (Å²) in [6, 6.07) is -4.40. The standard InChI is InChI=1S/C19H32N4O8/c1-9(2)14(18(29)23-15(10(3)24)19(30)31)22-17(28)12(6-7-13(25)26)21-16(27)11-5-4-8-20-11/h9-12,14-15,20,24H,4-8H2,1-3H3,(H,21,27)(H,22,28)(H,23,29)(H,25,26)(H,30,31). The Bertz CT molecular complexity index is 676. The minimum absolute atomic E-state index is 0.183. The Morgan fingerprint density at radius 2 is 1.58 bits per heavy atom. The van der Waals surface area contributed by atoms with Crippen LogP contribution in [0.15, 0.2) is 0 Å². The van der Waals surface area contributed by atoms with Gasteiger partial charge in [-0.15, -0.1) is 0 Å². The second-order valence-electron chi connectivity index (χ2n) is 7.94. The second-order valence-corrected chi connectivity index (χ2v) is 7.94. The van der Waals surface area contributed by atoms with E-state index in [1.165, 1.54) is 6.92 Å². The maximum absolute atomic E-state index is 12.8. The lowest BCUT2D eigenvalue weighted by Crippen LogP contribution is -2.59. The van der Waals surface area contributed by atoms with Crippen LogP contribution in [0.25, 0.3) is 0 Å². The topological polar surface area (TPSA) is 194 Å². The molecule has 0 radical (unpaired) electrons. The number of rotatable bonds is 12. The second kappa shape index (κ2) is 12.2. The third-order valence-electron chi connectivity index (χ3n) is 4.95. The van der Waals surface area contributed by atoms with Gasteiger partial charge in [-0.05, 0) is 38.6 Å². The summed E-state index contributed by atoms with van der Waals surface area (Å²) in [5, 5.41) is 37.8. The lowest BCUT2D eigenvalue weighted by atomic mass is 10.0. The summed E-state index contributed by atoms with van der Waals surface area (Å²) in [6.45, 7) is 5.11. The fourth-order valence-corrected chi connectivity index (χ4v) is 3.14. The minimum atomic E-state index is -1.57. The maximum atomic E-state index is 12.8. The average molecular weight is 444 g/mol. The highest BCUT2D eigenvalue weighted by atomic mass is 16.4. The van der Waals surface area contributed by atoms with Gasteiger partial charge in [0.2, 0.25) is 17.7 Å². The van der Waals surface area contributed by atoms with Crippen LogP contribution in [0.5, 0.6) is 0 Å². The molecule has 0 aromatic carbocycles. The molecule has 1 saturated heterocycles. The molecule has 1 heterocycles. The number of hydrogen-bond acceptors (Lipinski definition) is 7. The molecule has 12 heteroatoms. The number of carboxylic acid groups (broad SMARTS) is 2. The van der Waals surface area contributed by atoms with E-state index in [9.17, 15) is 29.1 Å². The van der Waals surface area contributed by atoms with Crippen LogP contribution < -0.4 is 21.3 Å². The van der Waals surface area contributed by atoms with E-state index in [-0.39, 0.29) is 12.8 Å². The zero-order valence-electron chi connectivity index (χ0n) is 17.9. The smallest absolute Gasteiger partial charge is 0.328 e. The van der Waals surface area contributed by atoms with E-state index in [1.54, 1.807) is 13.8 Å². The van der Waals surface area contributed by atoms with Gasteiger partial charge in [0.05, 0.1) is 12.1 Å². The van der Waals surface area contributed by atoms with Gasteiger partial charge in [-0.25, -0.2) is 4.79 Å². The molecular formula is C19H32N4O8. The van der Waals surface area contributed by atoms with Crippen LogP contribution in [0.4, 0.5) is 0 Å². The predicted molar refractivity (Wildman–Crippen MR) is 108 cm³/mol. The minimum Gasteiger partial charge on any atom is -0.481 e. The van der Waals surface area contributed by atoms with Gasteiger partial charge in [0.25, 0.3) is 0 Å². The molecule has 0 aliphatic carbocycles. The van der Waals surface area contributed by atoms with Gasteiger partial charge in [-0.3, -0.25) is 19.2 Å². The molecular weight excluding hydrogens is 412 g/mol. The van der Waals surface area contributed by atoms with Gasteiger partial charge >= 0.3 is 11.9 Å². The molecule has 176 valence electrons. The summed E-state index contributed by atoms with van der Waals surface area (Å²) < 4.78 is 0. The van der Waals surface area contributed by atoms with Gasteiger partial charge in [0, 0.05) is 6.42 Å². The molecule has 1 rings (SSSR count). The summed E-state index contributed by atoms with van der Waals surface area (Å²) in [4.78, 5) is 59.9. The first kappa shape index (κ1) is 26.3. The molecule has 12 nitrogen and oxygen atoms in total. The number of aliphatic hydroxyl groups excluding tert-OH is 1. The predicted octanol–water partition coefficient (Wildman–Crippen LogP) is -1.82. The third kappa shape index (κ3) is 8.50. The first-order valence-corrected chi connectivity index (χ1v) is 10.2. The van der Waals surface area contributed by atoms with Crippen LogP contribution in [0.3, 0.4) is 0 Å². The molecule has 1 fully saturated rings. The van der Waals surface area contributed by atoms with Gasteiger partial charge in [0.1, 0.15) is 12.1 Å². The lowest BCUT2D eigenvalue weighted by Gasteiger charge is -2.27. The van der Waals surface area contributed by atoms with Crippen molar-refractivity contribution in [2.24, 2.45) is 5.92 Å². The molecule has 0 aromatic rings. The van der Waals surface area contributed by atoms with Crippen molar-refractivity contribution in [1.29, 1.82) is 0 Å².